The van der Waals surface area contributed by atoms with E-state index in [1.807, 2.05) is 13.8 Å². The van der Waals surface area contributed by atoms with E-state index in [0.717, 1.165) is 0 Å². The average Bonchev–Trinajstić information content (AvgIpc) is 2.58. The molecule has 1 aromatic heterocycles. The van der Waals surface area contributed by atoms with Gasteiger partial charge in [-0.05, 0) is 12.0 Å². The summed E-state index contributed by atoms with van der Waals surface area (Å²) >= 11 is 0. The van der Waals surface area contributed by atoms with Crippen molar-refractivity contribution in [2.24, 2.45) is 5.92 Å². The highest BCUT2D eigenvalue weighted by Gasteiger charge is 2.05. The summed E-state index contributed by atoms with van der Waals surface area (Å²) in [5.41, 5.74) is 5.44. The lowest BCUT2D eigenvalue weighted by Gasteiger charge is -2.06. The fourth-order valence-electron chi connectivity index (χ4n) is 1.04. The molecule has 0 unspecified atom stereocenters. The molecule has 0 aliphatic heterocycles. The van der Waals surface area contributed by atoms with Crippen molar-refractivity contribution in [3.8, 4) is 0 Å². The Kier molecular flexibility index (Phi) is 4.15. The monoisotopic (exact) mass is 211 g/mol. The Morgan fingerprint density at radius 2 is 2.40 bits per heavy atom. The molecule has 0 aliphatic carbocycles. The van der Waals surface area contributed by atoms with Crippen LogP contribution in [0.15, 0.2) is 12.3 Å². The molecule has 0 aliphatic rings. The molecule has 15 heavy (non-hydrogen) atoms. The maximum absolute atomic E-state index is 11.2. The van der Waals surface area contributed by atoms with Crippen LogP contribution in [0.5, 0.6) is 0 Å². The number of aromatic nitrogens is 2. The Hall–Kier alpha value is -1.52. The van der Waals surface area contributed by atoms with E-state index in [2.05, 4.69) is 5.10 Å². The molecule has 0 amide bonds. The average molecular weight is 211 g/mol. The zero-order valence-corrected chi connectivity index (χ0v) is 9.14. The SMILES string of the molecule is CC(C)COC(=O)CCn1ccc(N)n1. The van der Waals surface area contributed by atoms with Crippen molar-refractivity contribution in [3.05, 3.63) is 12.3 Å². The molecular formula is C10H17N3O2. The summed E-state index contributed by atoms with van der Waals surface area (Å²) in [6.45, 7) is 4.98. The van der Waals surface area contributed by atoms with Crippen molar-refractivity contribution in [2.45, 2.75) is 26.8 Å². The van der Waals surface area contributed by atoms with Gasteiger partial charge in [0, 0.05) is 6.20 Å². The number of nitrogens with zero attached hydrogens (tertiary/aromatic N) is 2. The molecule has 1 rings (SSSR count). The molecule has 5 nitrogen and oxygen atoms in total. The lowest BCUT2D eigenvalue weighted by atomic mass is 10.2. The van der Waals surface area contributed by atoms with Gasteiger partial charge in [-0.1, -0.05) is 13.8 Å². The Morgan fingerprint density at radius 1 is 1.67 bits per heavy atom. The first-order valence-corrected chi connectivity index (χ1v) is 5.02. The van der Waals surface area contributed by atoms with Crippen molar-refractivity contribution < 1.29 is 9.53 Å². The summed E-state index contributed by atoms with van der Waals surface area (Å²) in [4.78, 5) is 11.2. The van der Waals surface area contributed by atoms with Gasteiger partial charge in [-0.15, -0.1) is 0 Å². The van der Waals surface area contributed by atoms with Crippen LogP contribution < -0.4 is 5.73 Å². The van der Waals surface area contributed by atoms with Crippen LogP contribution in [0.1, 0.15) is 20.3 Å². The lowest BCUT2D eigenvalue weighted by molar-refractivity contribution is -0.145. The van der Waals surface area contributed by atoms with Crippen LogP contribution in [0.3, 0.4) is 0 Å². The third-order valence-electron chi connectivity index (χ3n) is 1.78. The minimum Gasteiger partial charge on any atom is -0.465 e. The number of nitrogen functional groups attached to an aromatic ring is 1. The summed E-state index contributed by atoms with van der Waals surface area (Å²) in [5.74, 6) is 0.637. The minimum absolute atomic E-state index is 0.197. The smallest absolute Gasteiger partial charge is 0.307 e. The van der Waals surface area contributed by atoms with Gasteiger partial charge in [-0.25, -0.2) is 0 Å². The maximum Gasteiger partial charge on any atom is 0.307 e. The Bertz CT molecular complexity index is 320. The highest BCUT2D eigenvalue weighted by Crippen LogP contribution is 1.99. The van der Waals surface area contributed by atoms with Crippen LogP contribution in [0.2, 0.25) is 0 Å². The predicted molar refractivity (Wildman–Crippen MR) is 57.1 cm³/mol. The molecule has 2 N–H and O–H groups in total. The third-order valence-corrected chi connectivity index (χ3v) is 1.78. The Morgan fingerprint density at radius 3 is 2.93 bits per heavy atom. The first-order chi connectivity index (χ1) is 7.08. The first-order valence-electron chi connectivity index (χ1n) is 5.02. The maximum atomic E-state index is 11.2. The second-order valence-corrected chi connectivity index (χ2v) is 3.83. The van der Waals surface area contributed by atoms with Gasteiger partial charge in [0.1, 0.15) is 5.82 Å². The second kappa shape index (κ2) is 5.38. The molecule has 0 bridgehead atoms. The molecule has 0 spiro atoms. The minimum atomic E-state index is -0.197. The number of carbonyl (C=O) groups is 1. The van der Waals surface area contributed by atoms with Crippen molar-refractivity contribution in [1.29, 1.82) is 0 Å². The quantitative estimate of drug-likeness (QED) is 0.739. The summed E-state index contributed by atoms with van der Waals surface area (Å²) < 4.78 is 6.65. The van der Waals surface area contributed by atoms with Crippen molar-refractivity contribution in [3.63, 3.8) is 0 Å². The van der Waals surface area contributed by atoms with E-state index in [1.165, 1.54) is 0 Å². The summed E-state index contributed by atoms with van der Waals surface area (Å²) in [6.07, 6.45) is 2.07. The van der Waals surface area contributed by atoms with Gasteiger partial charge >= 0.3 is 5.97 Å². The van der Waals surface area contributed by atoms with E-state index in [0.29, 0.717) is 31.3 Å². The fraction of sp³-hybridized carbons (Fsp3) is 0.600. The number of carbonyl (C=O) groups excluding carboxylic acids is 1. The van der Waals surface area contributed by atoms with E-state index >= 15 is 0 Å². The standard InChI is InChI=1S/C10H17N3O2/c1-8(2)7-15-10(14)4-6-13-5-3-9(11)12-13/h3,5,8H,4,6-7H2,1-2H3,(H2,11,12). The zero-order chi connectivity index (χ0) is 11.3. The summed E-state index contributed by atoms with van der Waals surface area (Å²) in [7, 11) is 0. The van der Waals surface area contributed by atoms with E-state index in [-0.39, 0.29) is 5.97 Å². The summed E-state index contributed by atoms with van der Waals surface area (Å²) in [6, 6.07) is 1.69. The molecule has 0 aromatic carbocycles. The largest absolute Gasteiger partial charge is 0.465 e. The highest BCUT2D eigenvalue weighted by molar-refractivity contribution is 5.69. The van der Waals surface area contributed by atoms with Crippen LogP contribution in [0.25, 0.3) is 0 Å². The van der Waals surface area contributed by atoms with Crippen LogP contribution >= 0.6 is 0 Å². The first kappa shape index (κ1) is 11.6. The number of nitrogens with two attached hydrogens (primary N) is 1. The topological polar surface area (TPSA) is 70.1 Å². The number of hydrogen-bond acceptors (Lipinski definition) is 4. The zero-order valence-electron chi connectivity index (χ0n) is 9.14. The molecular weight excluding hydrogens is 194 g/mol. The van der Waals surface area contributed by atoms with E-state index in [1.54, 1.807) is 16.9 Å². The molecule has 0 saturated heterocycles. The van der Waals surface area contributed by atoms with E-state index in [9.17, 15) is 4.79 Å². The lowest BCUT2D eigenvalue weighted by Crippen LogP contribution is -2.12. The van der Waals surface area contributed by atoms with Crippen LogP contribution in [0, 0.1) is 5.92 Å². The summed E-state index contributed by atoms with van der Waals surface area (Å²) in [5, 5.41) is 3.96. The molecule has 1 heterocycles. The van der Waals surface area contributed by atoms with Gasteiger partial charge in [0.15, 0.2) is 0 Å². The van der Waals surface area contributed by atoms with Crippen molar-refractivity contribution >= 4 is 11.8 Å². The molecule has 84 valence electrons. The third kappa shape index (κ3) is 4.49. The molecule has 0 atom stereocenters. The van der Waals surface area contributed by atoms with Gasteiger partial charge in [-0.3, -0.25) is 9.48 Å². The van der Waals surface area contributed by atoms with Gasteiger partial charge in [0.25, 0.3) is 0 Å². The van der Waals surface area contributed by atoms with Crippen LogP contribution in [-0.4, -0.2) is 22.4 Å². The normalized spacial score (nSPS) is 10.6. The molecule has 0 fully saturated rings. The second-order valence-electron chi connectivity index (χ2n) is 3.83. The molecule has 0 saturated carbocycles. The number of anilines is 1. The number of hydrogen-bond donors (Lipinski definition) is 1. The molecule has 1 aromatic rings. The number of ether oxygens (including phenoxy) is 1. The predicted octanol–water partition coefficient (Wildman–Crippen LogP) is 1.05. The van der Waals surface area contributed by atoms with E-state index in [4.69, 9.17) is 10.5 Å². The Balaban J connectivity index is 2.22. The van der Waals surface area contributed by atoms with Crippen LogP contribution in [-0.2, 0) is 16.1 Å². The van der Waals surface area contributed by atoms with Gasteiger partial charge < -0.3 is 10.5 Å². The Labute approximate surface area is 89.2 Å². The highest BCUT2D eigenvalue weighted by atomic mass is 16.5. The molecule has 5 heteroatoms. The van der Waals surface area contributed by atoms with E-state index < -0.39 is 0 Å². The molecule has 0 radical (unpaired) electrons. The number of esters is 1. The van der Waals surface area contributed by atoms with Gasteiger partial charge in [-0.2, -0.15) is 5.10 Å². The van der Waals surface area contributed by atoms with Gasteiger partial charge in [0.2, 0.25) is 0 Å². The van der Waals surface area contributed by atoms with Gasteiger partial charge in [0.05, 0.1) is 19.6 Å². The number of aryl methyl sites for hydroxylation is 1. The van der Waals surface area contributed by atoms with Crippen LogP contribution in [0.4, 0.5) is 5.82 Å². The fourth-order valence-corrected chi connectivity index (χ4v) is 1.04. The van der Waals surface area contributed by atoms with Crippen molar-refractivity contribution in [1.82, 2.24) is 9.78 Å². The van der Waals surface area contributed by atoms with Crippen molar-refractivity contribution in [2.75, 3.05) is 12.3 Å². The number of rotatable bonds is 5.